The van der Waals surface area contributed by atoms with E-state index in [2.05, 4.69) is 0 Å². The van der Waals surface area contributed by atoms with Gasteiger partial charge in [-0.1, -0.05) is 17.7 Å². The van der Waals surface area contributed by atoms with Gasteiger partial charge in [0.1, 0.15) is 17.3 Å². The molecule has 0 bridgehead atoms. The molecular weight excluding hydrogens is 231 g/mol. The van der Waals surface area contributed by atoms with Crippen molar-refractivity contribution >= 4 is 11.6 Å². The second-order valence-corrected chi connectivity index (χ2v) is 3.73. The third kappa shape index (κ3) is 1.82. The zero-order valence-electron chi connectivity index (χ0n) is 8.11. The van der Waals surface area contributed by atoms with E-state index in [0.29, 0.717) is 5.02 Å². The molecule has 0 radical (unpaired) electrons. The molecule has 82 valence electrons. The van der Waals surface area contributed by atoms with E-state index >= 15 is 0 Å². The van der Waals surface area contributed by atoms with Gasteiger partial charge in [0, 0.05) is 10.6 Å². The molecule has 2 aromatic rings. The molecule has 16 heavy (non-hydrogen) atoms. The normalized spacial score (nSPS) is 10.4. The van der Waals surface area contributed by atoms with Crippen molar-refractivity contribution < 1.29 is 14.6 Å². The van der Waals surface area contributed by atoms with Crippen LogP contribution >= 0.6 is 11.6 Å². The van der Waals surface area contributed by atoms with Crippen LogP contribution in [0.2, 0.25) is 5.02 Å². The monoisotopic (exact) mass is 238 g/mol. The molecule has 2 aromatic carbocycles. The first-order chi connectivity index (χ1) is 7.59. The van der Waals surface area contributed by atoms with Crippen molar-refractivity contribution in [2.24, 2.45) is 0 Å². The van der Waals surface area contributed by atoms with Crippen molar-refractivity contribution in [3.05, 3.63) is 47.2 Å². The van der Waals surface area contributed by atoms with Crippen LogP contribution in [0.1, 0.15) is 0 Å². The second-order valence-electron chi connectivity index (χ2n) is 3.30. The fourth-order valence-corrected chi connectivity index (χ4v) is 1.67. The average molecular weight is 239 g/mol. The maximum Gasteiger partial charge on any atom is 0.131 e. The smallest absolute Gasteiger partial charge is 0.131 e. The third-order valence-corrected chi connectivity index (χ3v) is 2.45. The fourth-order valence-electron chi connectivity index (χ4n) is 1.49. The minimum atomic E-state index is -0.554. The minimum Gasteiger partial charge on any atom is -0.507 e. The van der Waals surface area contributed by atoms with Crippen LogP contribution in [0.4, 0.5) is 4.39 Å². The Kier molecular flexibility index (Phi) is 2.71. The summed E-state index contributed by atoms with van der Waals surface area (Å²) in [5, 5.41) is 19.5. The van der Waals surface area contributed by atoms with Crippen LogP contribution in [-0.2, 0) is 0 Å². The summed E-state index contributed by atoms with van der Waals surface area (Å²) in [4.78, 5) is 0. The molecule has 0 aliphatic rings. The predicted octanol–water partition coefficient (Wildman–Crippen LogP) is 3.56. The van der Waals surface area contributed by atoms with Gasteiger partial charge in [0.2, 0.25) is 0 Å². The molecule has 0 amide bonds. The molecule has 0 aliphatic heterocycles. The molecule has 0 atom stereocenters. The Morgan fingerprint density at radius 3 is 2.25 bits per heavy atom. The summed E-state index contributed by atoms with van der Waals surface area (Å²) in [7, 11) is 0. The first-order valence-electron chi connectivity index (χ1n) is 4.56. The van der Waals surface area contributed by atoms with E-state index in [4.69, 9.17) is 11.6 Å². The van der Waals surface area contributed by atoms with Gasteiger partial charge in [0.25, 0.3) is 0 Å². The zero-order chi connectivity index (χ0) is 11.7. The number of hydrogen-bond donors (Lipinski definition) is 2. The summed E-state index contributed by atoms with van der Waals surface area (Å²) in [6.07, 6.45) is 0. The molecule has 0 aromatic heterocycles. The SMILES string of the molecule is Oc1cccc(O)c1-c1cc(Cl)ccc1F. The minimum absolute atomic E-state index is 0.0440. The Morgan fingerprint density at radius 2 is 1.62 bits per heavy atom. The van der Waals surface area contributed by atoms with Gasteiger partial charge in [0.15, 0.2) is 0 Å². The predicted molar refractivity (Wildman–Crippen MR) is 60.2 cm³/mol. The lowest BCUT2D eigenvalue weighted by Gasteiger charge is -2.08. The number of aromatic hydroxyl groups is 2. The zero-order valence-corrected chi connectivity index (χ0v) is 8.87. The van der Waals surface area contributed by atoms with Crippen molar-refractivity contribution in [2.75, 3.05) is 0 Å². The maximum atomic E-state index is 13.5. The first kappa shape index (κ1) is 10.8. The van der Waals surface area contributed by atoms with E-state index in [-0.39, 0.29) is 22.6 Å². The molecule has 2 nitrogen and oxygen atoms in total. The summed E-state index contributed by atoms with van der Waals surface area (Å²) in [6, 6.07) is 8.15. The van der Waals surface area contributed by atoms with E-state index in [1.54, 1.807) is 0 Å². The summed E-state index contributed by atoms with van der Waals surface area (Å²) >= 11 is 5.74. The molecule has 0 saturated heterocycles. The van der Waals surface area contributed by atoms with E-state index in [0.717, 1.165) is 0 Å². The summed E-state index contributed by atoms with van der Waals surface area (Å²) in [5.41, 5.74) is 0.116. The lowest BCUT2D eigenvalue weighted by Crippen LogP contribution is -1.86. The van der Waals surface area contributed by atoms with Gasteiger partial charge in [-0.05, 0) is 30.3 Å². The summed E-state index contributed by atoms with van der Waals surface area (Å²) in [5.74, 6) is -0.941. The van der Waals surface area contributed by atoms with Crippen molar-refractivity contribution in [3.63, 3.8) is 0 Å². The molecular formula is C12H8ClFO2. The van der Waals surface area contributed by atoms with Crippen LogP contribution in [0.3, 0.4) is 0 Å². The van der Waals surface area contributed by atoms with Crippen LogP contribution < -0.4 is 0 Å². The van der Waals surface area contributed by atoms with Crippen LogP contribution in [0.15, 0.2) is 36.4 Å². The van der Waals surface area contributed by atoms with Gasteiger partial charge in [-0.25, -0.2) is 4.39 Å². The molecule has 0 unspecified atom stereocenters. The fraction of sp³-hybridized carbons (Fsp3) is 0. The quantitative estimate of drug-likeness (QED) is 0.798. The topological polar surface area (TPSA) is 40.5 Å². The maximum absolute atomic E-state index is 13.5. The number of rotatable bonds is 1. The largest absolute Gasteiger partial charge is 0.507 e. The highest BCUT2D eigenvalue weighted by molar-refractivity contribution is 6.30. The number of phenols is 2. The number of halogens is 2. The van der Waals surface area contributed by atoms with E-state index < -0.39 is 5.82 Å². The Balaban J connectivity index is 2.72. The highest BCUT2D eigenvalue weighted by atomic mass is 35.5. The summed E-state index contributed by atoms with van der Waals surface area (Å²) < 4.78 is 13.5. The van der Waals surface area contributed by atoms with Gasteiger partial charge in [-0.2, -0.15) is 0 Å². The van der Waals surface area contributed by atoms with Crippen LogP contribution in [0, 0.1) is 5.82 Å². The molecule has 0 spiro atoms. The molecule has 0 fully saturated rings. The van der Waals surface area contributed by atoms with E-state index in [1.165, 1.54) is 36.4 Å². The summed E-state index contributed by atoms with van der Waals surface area (Å²) in [6.45, 7) is 0. The van der Waals surface area contributed by atoms with E-state index in [9.17, 15) is 14.6 Å². The Morgan fingerprint density at radius 1 is 1.00 bits per heavy atom. The highest BCUT2D eigenvalue weighted by Gasteiger charge is 2.14. The molecule has 0 aliphatic carbocycles. The van der Waals surface area contributed by atoms with Crippen LogP contribution in [0.25, 0.3) is 11.1 Å². The van der Waals surface area contributed by atoms with Gasteiger partial charge in [0.05, 0.1) is 5.56 Å². The third-order valence-electron chi connectivity index (χ3n) is 2.22. The standard InChI is InChI=1S/C12H8ClFO2/c13-7-4-5-9(14)8(6-7)12-10(15)2-1-3-11(12)16/h1-6,15-16H. The van der Waals surface area contributed by atoms with Crippen molar-refractivity contribution in [3.8, 4) is 22.6 Å². The van der Waals surface area contributed by atoms with Crippen molar-refractivity contribution in [1.82, 2.24) is 0 Å². The van der Waals surface area contributed by atoms with E-state index in [1.807, 2.05) is 0 Å². The van der Waals surface area contributed by atoms with Crippen LogP contribution in [-0.4, -0.2) is 10.2 Å². The molecule has 2 rings (SSSR count). The van der Waals surface area contributed by atoms with Gasteiger partial charge >= 0.3 is 0 Å². The Bertz CT molecular complexity index is 520. The number of hydrogen-bond acceptors (Lipinski definition) is 2. The molecule has 2 N–H and O–H groups in total. The van der Waals surface area contributed by atoms with Crippen LogP contribution in [0.5, 0.6) is 11.5 Å². The molecule has 0 saturated carbocycles. The van der Waals surface area contributed by atoms with Crippen molar-refractivity contribution in [2.45, 2.75) is 0 Å². The first-order valence-corrected chi connectivity index (χ1v) is 4.94. The molecule has 0 heterocycles. The second kappa shape index (κ2) is 4.02. The highest BCUT2D eigenvalue weighted by Crippen LogP contribution is 2.38. The molecule has 4 heteroatoms. The van der Waals surface area contributed by atoms with Gasteiger partial charge in [-0.15, -0.1) is 0 Å². The Hall–Kier alpha value is -1.74. The number of phenolic OH excluding ortho intramolecular Hbond substituents is 2. The van der Waals surface area contributed by atoms with Gasteiger partial charge < -0.3 is 10.2 Å². The van der Waals surface area contributed by atoms with Gasteiger partial charge in [-0.3, -0.25) is 0 Å². The van der Waals surface area contributed by atoms with Crippen molar-refractivity contribution in [1.29, 1.82) is 0 Å². The average Bonchev–Trinajstić information content (AvgIpc) is 2.23. The lowest BCUT2D eigenvalue weighted by atomic mass is 10.0. The number of benzene rings is 2. The Labute approximate surface area is 96.5 Å². The lowest BCUT2D eigenvalue weighted by molar-refractivity contribution is 0.453.